The molecule has 0 radical (unpaired) electrons. The molecule has 65 heavy (non-hydrogen) atoms. The van der Waals surface area contributed by atoms with Gasteiger partial charge in [-0.2, -0.15) is 0 Å². The van der Waals surface area contributed by atoms with Gasteiger partial charge in [-0.15, -0.1) is 0 Å². The maximum absolute atomic E-state index is 16.0. The number of anilines is 3. The van der Waals surface area contributed by atoms with Crippen LogP contribution in [0.15, 0.2) is 77.9 Å². The van der Waals surface area contributed by atoms with Crippen molar-refractivity contribution in [3.8, 4) is 5.69 Å². The maximum atomic E-state index is 16.0. The van der Waals surface area contributed by atoms with E-state index in [0.717, 1.165) is 78.3 Å². The lowest BCUT2D eigenvalue weighted by Crippen LogP contribution is -2.49. The van der Waals surface area contributed by atoms with E-state index in [-0.39, 0.29) is 35.4 Å². The number of fused-ring (bicyclic) bond motifs is 1. The van der Waals surface area contributed by atoms with Crippen molar-refractivity contribution >= 4 is 51.4 Å². The standard InChI is InChI=1S/C49H56F2N10O4/c1-31-24-34(25-40(51)46(31)33-11-15-57(16-12-33)30-37-28-38-42(8-14-53-47(38)56(37)3)61-19-13-35(52-2)27-45(61)63)49(65)60-17-9-32(10-18-60)29-58-20-22-59(23-21-58)43-6-4-36(26-39(43)50)54-41-5-7-44(62)55-48(41)64/h4,6,8,11,13-14,19,24-28,32,41,52,54H,5,7,9-10,12,15-18,20-23,29-30H2,1-3H3,(H,55,62,64)/t41-/m1/s1. The molecule has 3 saturated heterocycles. The highest BCUT2D eigenvalue weighted by Gasteiger charge is 2.30. The van der Waals surface area contributed by atoms with Crippen LogP contribution in [0.4, 0.5) is 25.8 Å². The molecule has 3 amide bonds. The molecule has 16 heteroatoms. The highest BCUT2D eigenvalue weighted by atomic mass is 19.1. The second kappa shape index (κ2) is 18.6. The summed E-state index contributed by atoms with van der Waals surface area (Å²) in [5, 5.41) is 9.27. The number of hydrogen-bond acceptors (Lipinski definition) is 10. The van der Waals surface area contributed by atoms with Crippen LogP contribution < -0.4 is 26.4 Å². The van der Waals surface area contributed by atoms with Crippen LogP contribution >= 0.6 is 0 Å². The molecule has 0 spiro atoms. The summed E-state index contributed by atoms with van der Waals surface area (Å²) in [5.41, 5.74) is 6.95. The minimum Gasteiger partial charge on any atom is -0.388 e. The van der Waals surface area contributed by atoms with Crippen LogP contribution in [0.2, 0.25) is 0 Å². The zero-order valence-corrected chi connectivity index (χ0v) is 37.2. The Balaban J connectivity index is 0.754. The average molecular weight is 887 g/mol. The van der Waals surface area contributed by atoms with E-state index in [0.29, 0.717) is 80.5 Å². The number of carbonyl (C=O) groups excluding carboxylic acids is 3. The van der Waals surface area contributed by atoms with Gasteiger partial charge in [0.15, 0.2) is 0 Å². The van der Waals surface area contributed by atoms with Crippen molar-refractivity contribution < 1.29 is 23.2 Å². The monoisotopic (exact) mass is 886 g/mol. The number of benzene rings is 2. The summed E-state index contributed by atoms with van der Waals surface area (Å²) in [7, 11) is 3.77. The van der Waals surface area contributed by atoms with Gasteiger partial charge in [0.1, 0.15) is 23.3 Å². The van der Waals surface area contributed by atoms with Gasteiger partial charge in [0.2, 0.25) is 11.8 Å². The fourth-order valence-corrected chi connectivity index (χ4v) is 9.96. The Labute approximate surface area is 376 Å². The lowest BCUT2D eigenvalue weighted by Gasteiger charge is -2.39. The van der Waals surface area contributed by atoms with Crippen LogP contribution in [0.3, 0.4) is 0 Å². The Morgan fingerprint density at radius 2 is 1.65 bits per heavy atom. The quantitative estimate of drug-likeness (QED) is 0.145. The second-order valence-electron chi connectivity index (χ2n) is 17.8. The van der Waals surface area contributed by atoms with Crippen molar-refractivity contribution in [3.63, 3.8) is 0 Å². The zero-order chi connectivity index (χ0) is 45.4. The lowest BCUT2D eigenvalue weighted by molar-refractivity contribution is -0.133. The molecular weight excluding hydrogens is 831 g/mol. The van der Waals surface area contributed by atoms with E-state index in [2.05, 4.69) is 47.4 Å². The number of hydrogen-bond donors (Lipinski definition) is 3. The Hall–Kier alpha value is -6.39. The molecule has 3 aromatic heterocycles. The first-order valence-corrected chi connectivity index (χ1v) is 22.6. The van der Waals surface area contributed by atoms with Gasteiger partial charge in [0.25, 0.3) is 11.5 Å². The number of rotatable bonds is 11. The molecule has 340 valence electrons. The molecular formula is C49H56F2N10O4. The van der Waals surface area contributed by atoms with Crippen LogP contribution in [0.25, 0.3) is 22.3 Å². The van der Waals surface area contributed by atoms with E-state index in [1.807, 2.05) is 42.0 Å². The number of halogens is 2. The fraction of sp³-hybridized carbons (Fsp3) is 0.408. The fourth-order valence-electron chi connectivity index (χ4n) is 9.96. The van der Waals surface area contributed by atoms with E-state index >= 15 is 8.78 Å². The molecule has 2 aromatic carbocycles. The number of pyridine rings is 2. The predicted octanol–water partition coefficient (Wildman–Crippen LogP) is 5.53. The van der Waals surface area contributed by atoms with Gasteiger partial charge in [-0.3, -0.25) is 38.9 Å². The molecule has 1 atom stereocenters. The van der Waals surface area contributed by atoms with Crippen LogP contribution in [0.5, 0.6) is 0 Å². The molecule has 4 aliphatic heterocycles. The number of imide groups is 1. The Kier molecular flexibility index (Phi) is 12.6. The Morgan fingerprint density at radius 3 is 2.34 bits per heavy atom. The third-order valence-electron chi connectivity index (χ3n) is 13.7. The summed E-state index contributed by atoms with van der Waals surface area (Å²) in [6.45, 7) is 9.06. The van der Waals surface area contributed by atoms with Crippen molar-refractivity contribution in [1.29, 1.82) is 0 Å². The van der Waals surface area contributed by atoms with Crippen molar-refractivity contribution in [1.82, 2.24) is 34.1 Å². The third kappa shape index (κ3) is 9.27. The smallest absolute Gasteiger partial charge is 0.257 e. The highest BCUT2D eigenvalue weighted by Crippen LogP contribution is 2.32. The molecule has 0 aliphatic carbocycles. The third-order valence-corrected chi connectivity index (χ3v) is 13.7. The molecule has 3 N–H and O–H groups in total. The molecule has 0 unspecified atom stereocenters. The predicted molar refractivity (Wildman–Crippen MR) is 248 cm³/mol. The van der Waals surface area contributed by atoms with Crippen LogP contribution in [-0.4, -0.2) is 119 Å². The van der Waals surface area contributed by atoms with Crippen molar-refractivity contribution in [2.45, 2.75) is 51.6 Å². The molecule has 3 fully saturated rings. The first kappa shape index (κ1) is 43.8. The van der Waals surface area contributed by atoms with Gasteiger partial charge >= 0.3 is 0 Å². The Morgan fingerprint density at radius 1 is 0.846 bits per heavy atom. The zero-order valence-electron chi connectivity index (χ0n) is 37.2. The van der Waals surface area contributed by atoms with Crippen molar-refractivity contribution in [2.24, 2.45) is 13.0 Å². The molecule has 0 saturated carbocycles. The summed E-state index contributed by atoms with van der Waals surface area (Å²) >= 11 is 0. The number of amides is 3. The number of piperidine rings is 2. The number of aryl methyl sites for hydroxylation is 2. The summed E-state index contributed by atoms with van der Waals surface area (Å²) in [5.74, 6) is -1.11. The highest BCUT2D eigenvalue weighted by molar-refractivity contribution is 6.01. The number of nitrogens with zero attached hydrogens (tertiary/aromatic N) is 7. The summed E-state index contributed by atoms with van der Waals surface area (Å²) in [6.07, 6.45) is 8.62. The van der Waals surface area contributed by atoms with Crippen molar-refractivity contribution in [3.05, 3.63) is 117 Å². The van der Waals surface area contributed by atoms with Gasteiger partial charge in [-0.1, -0.05) is 6.08 Å². The summed E-state index contributed by atoms with van der Waals surface area (Å²) in [6, 6.07) is 15.0. The number of likely N-dealkylation sites (tertiary alicyclic amines) is 1. The van der Waals surface area contributed by atoms with Crippen LogP contribution in [-0.2, 0) is 23.2 Å². The number of piperazine rings is 1. The maximum Gasteiger partial charge on any atom is 0.257 e. The molecule has 7 heterocycles. The molecule has 14 nitrogen and oxygen atoms in total. The molecule has 4 aliphatic rings. The first-order chi connectivity index (χ1) is 31.4. The second-order valence-corrected chi connectivity index (χ2v) is 17.8. The van der Waals surface area contributed by atoms with Gasteiger partial charge in [-0.05, 0) is 98.2 Å². The minimum absolute atomic E-state index is 0.130. The van der Waals surface area contributed by atoms with Gasteiger partial charge in [0, 0.05) is 138 Å². The van der Waals surface area contributed by atoms with Gasteiger partial charge in [0.05, 0.1) is 11.4 Å². The molecule has 5 aromatic rings. The number of carbonyl (C=O) groups is 3. The van der Waals surface area contributed by atoms with E-state index in [4.69, 9.17) is 0 Å². The minimum atomic E-state index is -0.571. The summed E-state index contributed by atoms with van der Waals surface area (Å²) in [4.78, 5) is 63.5. The van der Waals surface area contributed by atoms with Crippen LogP contribution in [0, 0.1) is 24.5 Å². The van der Waals surface area contributed by atoms with Gasteiger partial charge < -0.3 is 25.0 Å². The SMILES string of the molecule is CNc1ccn(-c2ccnc3c2cc(CN2CC=C(c4c(C)cc(C(=O)N5CCC(CN6CCN(c7ccc(N[C@@H]8CCC(=O)NC8=O)cc7F)CC6)CC5)cc4F)CC2)n3C)c(=O)c1. The van der Waals surface area contributed by atoms with Crippen LogP contribution in [0.1, 0.15) is 59.3 Å². The van der Waals surface area contributed by atoms with E-state index < -0.39 is 11.9 Å². The first-order valence-electron chi connectivity index (χ1n) is 22.6. The largest absolute Gasteiger partial charge is 0.388 e. The van der Waals surface area contributed by atoms with E-state index in [1.165, 1.54) is 12.1 Å². The number of aromatic nitrogens is 3. The Bertz CT molecular complexity index is 2710. The van der Waals surface area contributed by atoms with E-state index in [1.54, 1.807) is 42.2 Å². The molecule has 9 rings (SSSR count). The molecule has 0 bridgehead atoms. The van der Waals surface area contributed by atoms with Crippen molar-refractivity contribution in [2.75, 3.05) is 81.5 Å². The summed E-state index contributed by atoms with van der Waals surface area (Å²) < 4.78 is 34.9. The lowest BCUT2D eigenvalue weighted by atomic mass is 9.92. The topological polar surface area (TPSA) is 140 Å². The van der Waals surface area contributed by atoms with Gasteiger partial charge in [-0.25, -0.2) is 13.8 Å². The number of nitrogens with one attached hydrogen (secondary N) is 3. The normalized spacial score (nSPS) is 19.1. The van der Waals surface area contributed by atoms with E-state index in [9.17, 15) is 19.2 Å². The average Bonchev–Trinajstić information content (AvgIpc) is 3.62.